The first kappa shape index (κ1) is 13.1. The predicted molar refractivity (Wildman–Crippen MR) is 54.8 cm³/mol. The molecule has 0 bridgehead atoms. The Morgan fingerprint density at radius 3 is 2.36 bits per heavy atom. The fourth-order valence-corrected chi connectivity index (χ4v) is 1.17. The van der Waals surface area contributed by atoms with E-state index >= 15 is 0 Å². The summed E-state index contributed by atoms with van der Waals surface area (Å²) in [6, 6.07) is -0.117. The summed E-state index contributed by atoms with van der Waals surface area (Å²) in [5.41, 5.74) is 0. The average Bonchev–Trinajstić information content (AvgIpc) is 2.18. The fraction of sp³-hybridized carbons (Fsp3) is 0.700. The van der Waals surface area contributed by atoms with Gasteiger partial charge >= 0.3 is 0 Å². The summed E-state index contributed by atoms with van der Waals surface area (Å²) in [5.74, 6) is -0.126. The van der Waals surface area contributed by atoms with Gasteiger partial charge in [0.1, 0.15) is 0 Å². The largest absolute Gasteiger partial charge is 0.354 e. The van der Waals surface area contributed by atoms with Gasteiger partial charge in [-0.1, -0.05) is 13.0 Å². The lowest BCUT2D eigenvalue weighted by molar-refractivity contribution is -0.135. The van der Waals surface area contributed by atoms with Crippen LogP contribution in [-0.4, -0.2) is 32.5 Å². The number of nitrogens with one attached hydrogen (secondary N) is 1. The van der Waals surface area contributed by atoms with Gasteiger partial charge in [0.25, 0.3) is 0 Å². The molecule has 0 saturated carbocycles. The van der Waals surface area contributed by atoms with Gasteiger partial charge in [-0.15, -0.1) is 0 Å². The van der Waals surface area contributed by atoms with E-state index in [0.717, 1.165) is 6.42 Å². The molecule has 0 radical (unpaired) electrons. The molecule has 0 fully saturated rings. The molecule has 0 rings (SSSR count). The second-order valence-corrected chi connectivity index (χ2v) is 2.86. The van der Waals surface area contributed by atoms with Crippen LogP contribution < -0.4 is 5.32 Å². The van der Waals surface area contributed by atoms with Crippen molar-refractivity contribution in [3.8, 4) is 0 Å². The molecule has 0 heterocycles. The molecule has 1 atom stereocenters. The maximum absolute atomic E-state index is 11.2. The van der Waals surface area contributed by atoms with E-state index in [2.05, 4.69) is 5.32 Å². The molecule has 0 aliphatic carbocycles. The molecule has 0 aromatic carbocycles. The second kappa shape index (κ2) is 7.53. The van der Waals surface area contributed by atoms with Crippen molar-refractivity contribution < 1.29 is 14.3 Å². The molecule has 0 spiro atoms. The van der Waals surface area contributed by atoms with Gasteiger partial charge in [0.05, 0.1) is 6.04 Å². The maximum atomic E-state index is 11.2. The summed E-state index contributed by atoms with van der Waals surface area (Å²) in [4.78, 5) is 11.2. The number of hydrogen-bond donors (Lipinski definition) is 1. The van der Waals surface area contributed by atoms with Crippen molar-refractivity contribution in [1.82, 2.24) is 5.32 Å². The monoisotopic (exact) mass is 201 g/mol. The molecule has 0 aromatic heterocycles. The fourth-order valence-electron chi connectivity index (χ4n) is 1.17. The quantitative estimate of drug-likeness (QED) is 0.516. The van der Waals surface area contributed by atoms with Crippen LogP contribution in [0.5, 0.6) is 0 Å². The number of carbonyl (C=O) groups excluding carboxylic acids is 1. The zero-order valence-electron chi connectivity index (χ0n) is 9.24. The third kappa shape index (κ3) is 4.39. The lowest BCUT2D eigenvalue weighted by Crippen LogP contribution is -2.44. The summed E-state index contributed by atoms with van der Waals surface area (Å²) in [6.45, 7) is 3.76. The number of amides is 1. The molecule has 0 aromatic rings. The Morgan fingerprint density at radius 1 is 1.43 bits per heavy atom. The van der Waals surface area contributed by atoms with Crippen LogP contribution in [0, 0.1) is 0 Å². The highest BCUT2D eigenvalue weighted by atomic mass is 16.7. The summed E-state index contributed by atoms with van der Waals surface area (Å²) in [5, 5.41) is 2.79. The minimum atomic E-state index is -0.394. The van der Waals surface area contributed by atoms with Gasteiger partial charge in [0.15, 0.2) is 6.29 Å². The van der Waals surface area contributed by atoms with Crippen molar-refractivity contribution >= 4 is 5.91 Å². The van der Waals surface area contributed by atoms with Crippen LogP contribution in [0.4, 0.5) is 0 Å². The van der Waals surface area contributed by atoms with E-state index in [1.807, 2.05) is 6.92 Å². The van der Waals surface area contributed by atoms with E-state index in [1.165, 1.54) is 6.08 Å². The Labute approximate surface area is 85.3 Å². The minimum absolute atomic E-state index is 0.117. The van der Waals surface area contributed by atoms with Crippen molar-refractivity contribution in [2.24, 2.45) is 0 Å². The van der Waals surface area contributed by atoms with Gasteiger partial charge in [-0.3, -0.25) is 4.79 Å². The van der Waals surface area contributed by atoms with Gasteiger partial charge in [-0.05, 0) is 19.4 Å². The Hall–Kier alpha value is -0.870. The lowest BCUT2D eigenvalue weighted by Gasteiger charge is -2.23. The average molecular weight is 201 g/mol. The minimum Gasteiger partial charge on any atom is -0.354 e. The number of ether oxygens (including phenoxy) is 2. The highest BCUT2D eigenvalue weighted by Gasteiger charge is 2.19. The highest BCUT2D eigenvalue weighted by molar-refractivity contribution is 5.87. The van der Waals surface area contributed by atoms with Gasteiger partial charge in [0.2, 0.25) is 5.91 Å². The third-order valence-electron chi connectivity index (χ3n) is 1.88. The smallest absolute Gasteiger partial charge is 0.244 e. The summed E-state index contributed by atoms with van der Waals surface area (Å²) in [6.07, 6.45) is 3.53. The van der Waals surface area contributed by atoms with Crippen LogP contribution >= 0.6 is 0 Å². The molecule has 1 unspecified atom stereocenters. The molecule has 14 heavy (non-hydrogen) atoms. The maximum Gasteiger partial charge on any atom is 0.244 e. The van der Waals surface area contributed by atoms with Crippen molar-refractivity contribution in [2.45, 2.75) is 32.6 Å². The van der Waals surface area contributed by atoms with Crippen LogP contribution in [-0.2, 0) is 14.3 Å². The highest BCUT2D eigenvalue weighted by Crippen LogP contribution is 2.03. The van der Waals surface area contributed by atoms with Crippen molar-refractivity contribution in [3.05, 3.63) is 12.2 Å². The summed E-state index contributed by atoms with van der Waals surface area (Å²) in [7, 11) is 3.11. The number of allylic oxidation sites excluding steroid dienone is 1. The normalized spacial score (nSPS) is 13.5. The van der Waals surface area contributed by atoms with E-state index in [1.54, 1.807) is 27.2 Å². The first-order chi connectivity index (χ1) is 6.69. The SMILES string of the molecule is C/C=C/C(=O)NC(CC)C(OC)OC. The first-order valence-corrected chi connectivity index (χ1v) is 4.68. The predicted octanol–water partition coefficient (Wildman–Crippen LogP) is 1.08. The lowest BCUT2D eigenvalue weighted by atomic mass is 10.2. The molecular formula is C10H19NO3. The standard InChI is InChI=1S/C10H19NO3/c1-5-7-9(12)11-8(6-2)10(13-3)14-4/h5,7-8,10H,6H2,1-4H3,(H,11,12)/b7-5+. The number of carbonyl (C=O) groups is 1. The van der Waals surface area contributed by atoms with Crippen LogP contribution in [0.15, 0.2) is 12.2 Å². The first-order valence-electron chi connectivity index (χ1n) is 4.68. The summed E-state index contributed by atoms with van der Waals surface area (Å²) >= 11 is 0. The Bertz CT molecular complexity index is 188. The van der Waals surface area contributed by atoms with E-state index in [9.17, 15) is 4.79 Å². The van der Waals surface area contributed by atoms with E-state index in [0.29, 0.717) is 0 Å². The molecular weight excluding hydrogens is 182 g/mol. The Balaban J connectivity index is 4.19. The van der Waals surface area contributed by atoms with Crippen LogP contribution in [0.3, 0.4) is 0 Å². The third-order valence-corrected chi connectivity index (χ3v) is 1.88. The molecule has 4 heteroatoms. The molecule has 0 aliphatic rings. The van der Waals surface area contributed by atoms with Gasteiger partial charge < -0.3 is 14.8 Å². The Morgan fingerprint density at radius 2 is 2.00 bits per heavy atom. The molecule has 1 amide bonds. The van der Waals surface area contributed by atoms with Crippen molar-refractivity contribution in [1.29, 1.82) is 0 Å². The molecule has 1 N–H and O–H groups in total. The van der Waals surface area contributed by atoms with Gasteiger partial charge in [-0.2, -0.15) is 0 Å². The molecule has 0 saturated heterocycles. The zero-order chi connectivity index (χ0) is 11.0. The number of rotatable bonds is 6. The van der Waals surface area contributed by atoms with Crippen LogP contribution in [0.25, 0.3) is 0 Å². The van der Waals surface area contributed by atoms with E-state index < -0.39 is 6.29 Å². The van der Waals surface area contributed by atoms with Crippen molar-refractivity contribution in [2.75, 3.05) is 14.2 Å². The molecule has 82 valence electrons. The zero-order valence-corrected chi connectivity index (χ0v) is 9.24. The van der Waals surface area contributed by atoms with Crippen LogP contribution in [0.1, 0.15) is 20.3 Å². The van der Waals surface area contributed by atoms with Crippen LogP contribution in [0.2, 0.25) is 0 Å². The van der Waals surface area contributed by atoms with E-state index in [-0.39, 0.29) is 11.9 Å². The van der Waals surface area contributed by atoms with Gasteiger partial charge in [0, 0.05) is 14.2 Å². The van der Waals surface area contributed by atoms with Gasteiger partial charge in [-0.25, -0.2) is 0 Å². The number of methoxy groups -OCH3 is 2. The van der Waals surface area contributed by atoms with E-state index in [4.69, 9.17) is 9.47 Å². The topological polar surface area (TPSA) is 47.6 Å². The van der Waals surface area contributed by atoms with Crippen molar-refractivity contribution in [3.63, 3.8) is 0 Å². The summed E-state index contributed by atoms with van der Waals surface area (Å²) < 4.78 is 10.1. The molecule has 4 nitrogen and oxygen atoms in total. The molecule has 0 aliphatic heterocycles. The second-order valence-electron chi connectivity index (χ2n) is 2.86. The number of hydrogen-bond acceptors (Lipinski definition) is 3. The Kier molecular flexibility index (Phi) is 7.06.